The molecule has 2 aliphatic heterocycles. The summed E-state index contributed by atoms with van der Waals surface area (Å²) < 4.78 is 5.62. The number of amides is 2. The first-order valence-corrected chi connectivity index (χ1v) is 11.3. The van der Waals surface area contributed by atoms with Gasteiger partial charge in [-0.1, -0.05) is 54.9 Å². The predicted molar refractivity (Wildman–Crippen MR) is 126 cm³/mol. The van der Waals surface area contributed by atoms with Gasteiger partial charge in [0.1, 0.15) is 11.7 Å². The van der Waals surface area contributed by atoms with Gasteiger partial charge in [0.2, 0.25) is 5.91 Å². The summed E-state index contributed by atoms with van der Waals surface area (Å²) in [5.41, 5.74) is 1.99. The Morgan fingerprint density at radius 2 is 1.58 bits per heavy atom. The van der Waals surface area contributed by atoms with Crippen molar-refractivity contribution in [1.82, 2.24) is 0 Å². The van der Waals surface area contributed by atoms with Crippen molar-refractivity contribution >= 4 is 34.8 Å². The maximum Gasteiger partial charge on any atom is 0.266 e. The zero-order valence-corrected chi connectivity index (χ0v) is 18.8. The molecule has 0 aromatic heterocycles. The lowest BCUT2D eigenvalue weighted by Crippen LogP contribution is -2.37. The van der Waals surface area contributed by atoms with E-state index in [1.54, 1.807) is 35.4 Å². The number of halogens is 1. The Balaban J connectivity index is 1.51. The lowest BCUT2D eigenvalue weighted by atomic mass is 9.90. The standard InChI is InChI=1S/C26H23ClN2O4/c1-2-16-32-19-14-12-17(13-15-19)28-25(30)22-23(20-10-6-7-11-21(20)27)29(33-24(22)26(28)31)18-8-4-3-5-9-18/h3-15,22-24H,2,16H2,1H3/t22-,23+,24+/m1/s1. The van der Waals surface area contributed by atoms with E-state index in [1.165, 1.54) is 4.90 Å². The Labute approximate surface area is 197 Å². The molecule has 2 aliphatic rings. The largest absolute Gasteiger partial charge is 0.494 e. The molecule has 2 fully saturated rings. The Bertz CT molecular complexity index is 1170. The van der Waals surface area contributed by atoms with Crippen molar-refractivity contribution in [3.05, 3.63) is 89.4 Å². The summed E-state index contributed by atoms with van der Waals surface area (Å²) in [6, 6.07) is 23.2. The quantitative estimate of drug-likeness (QED) is 0.472. The minimum atomic E-state index is -0.935. The monoisotopic (exact) mass is 462 g/mol. The zero-order valence-electron chi connectivity index (χ0n) is 18.1. The van der Waals surface area contributed by atoms with Crippen molar-refractivity contribution in [1.29, 1.82) is 0 Å². The number of carbonyl (C=O) groups excluding carboxylic acids is 2. The molecule has 2 saturated heterocycles. The van der Waals surface area contributed by atoms with Crippen LogP contribution in [0.4, 0.5) is 11.4 Å². The van der Waals surface area contributed by atoms with Crippen molar-refractivity contribution < 1.29 is 19.2 Å². The Kier molecular flexibility index (Phi) is 5.79. The van der Waals surface area contributed by atoms with Crippen LogP contribution in [0.25, 0.3) is 0 Å². The third kappa shape index (κ3) is 3.75. The number of hydrogen-bond acceptors (Lipinski definition) is 5. The number of para-hydroxylation sites is 1. The van der Waals surface area contributed by atoms with Crippen LogP contribution in [0.5, 0.6) is 5.75 Å². The number of ether oxygens (including phenoxy) is 1. The highest BCUT2D eigenvalue weighted by atomic mass is 35.5. The van der Waals surface area contributed by atoms with Crippen LogP contribution in [0.1, 0.15) is 24.9 Å². The van der Waals surface area contributed by atoms with Gasteiger partial charge < -0.3 is 4.74 Å². The lowest BCUT2D eigenvalue weighted by Gasteiger charge is -2.29. The first-order valence-electron chi connectivity index (χ1n) is 11.0. The molecule has 3 aromatic rings. The average Bonchev–Trinajstić information content (AvgIpc) is 3.35. The van der Waals surface area contributed by atoms with Crippen molar-refractivity contribution in [2.24, 2.45) is 5.92 Å². The van der Waals surface area contributed by atoms with E-state index < -0.39 is 18.1 Å². The van der Waals surface area contributed by atoms with Gasteiger partial charge in [0.05, 0.1) is 24.0 Å². The Hall–Kier alpha value is -3.35. The van der Waals surface area contributed by atoms with Crippen molar-refractivity contribution in [2.75, 3.05) is 16.6 Å². The van der Waals surface area contributed by atoms with E-state index in [1.807, 2.05) is 55.5 Å². The topological polar surface area (TPSA) is 59.1 Å². The number of anilines is 2. The summed E-state index contributed by atoms with van der Waals surface area (Å²) in [6.45, 7) is 2.64. The molecular weight excluding hydrogens is 440 g/mol. The third-order valence-electron chi connectivity index (χ3n) is 5.92. The van der Waals surface area contributed by atoms with Crippen LogP contribution in [0.3, 0.4) is 0 Å². The summed E-state index contributed by atoms with van der Waals surface area (Å²) in [4.78, 5) is 34.4. The van der Waals surface area contributed by atoms with Crippen LogP contribution in [-0.4, -0.2) is 24.5 Å². The Morgan fingerprint density at radius 3 is 2.27 bits per heavy atom. The van der Waals surface area contributed by atoms with E-state index in [2.05, 4.69) is 0 Å². The third-order valence-corrected chi connectivity index (χ3v) is 6.26. The molecule has 6 nitrogen and oxygen atoms in total. The molecule has 5 rings (SSSR count). The number of rotatable bonds is 6. The molecule has 3 atom stereocenters. The molecule has 0 radical (unpaired) electrons. The molecule has 168 valence electrons. The van der Waals surface area contributed by atoms with E-state index >= 15 is 0 Å². The smallest absolute Gasteiger partial charge is 0.266 e. The number of carbonyl (C=O) groups is 2. The van der Waals surface area contributed by atoms with Crippen LogP contribution in [0.2, 0.25) is 5.02 Å². The van der Waals surface area contributed by atoms with Crippen LogP contribution in [0, 0.1) is 5.92 Å². The first-order chi connectivity index (χ1) is 16.1. The molecule has 2 amide bonds. The summed E-state index contributed by atoms with van der Waals surface area (Å²) in [6.07, 6.45) is -0.0395. The van der Waals surface area contributed by atoms with Crippen molar-refractivity contribution in [3.63, 3.8) is 0 Å². The van der Waals surface area contributed by atoms with E-state index in [-0.39, 0.29) is 11.8 Å². The summed E-state index contributed by atoms with van der Waals surface area (Å²) in [5, 5.41) is 2.16. The molecule has 0 unspecified atom stereocenters. The number of nitrogens with zero attached hydrogens (tertiary/aromatic N) is 2. The van der Waals surface area contributed by atoms with Gasteiger partial charge >= 0.3 is 0 Å². The second-order valence-electron chi connectivity index (χ2n) is 8.03. The average molecular weight is 463 g/mol. The molecular formula is C26H23ClN2O4. The molecule has 0 spiro atoms. The van der Waals surface area contributed by atoms with Crippen LogP contribution < -0.4 is 14.7 Å². The number of hydrogen-bond donors (Lipinski definition) is 0. The minimum absolute atomic E-state index is 0.310. The predicted octanol–water partition coefficient (Wildman–Crippen LogP) is 5.18. The van der Waals surface area contributed by atoms with Crippen LogP contribution in [0.15, 0.2) is 78.9 Å². The number of fused-ring (bicyclic) bond motifs is 1. The zero-order chi connectivity index (χ0) is 22.9. The second kappa shape index (κ2) is 8.89. The lowest BCUT2D eigenvalue weighted by molar-refractivity contribution is -0.126. The highest BCUT2D eigenvalue weighted by Gasteiger charge is 2.60. The minimum Gasteiger partial charge on any atom is -0.494 e. The number of imide groups is 1. The van der Waals surface area contributed by atoms with Gasteiger partial charge in [0.25, 0.3) is 5.91 Å². The maximum atomic E-state index is 13.7. The van der Waals surface area contributed by atoms with Gasteiger partial charge in [-0.25, -0.2) is 9.96 Å². The number of hydroxylamine groups is 1. The summed E-state index contributed by atoms with van der Waals surface area (Å²) in [7, 11) is 0. The summed E-state index contributed by atoms with van der Waals surface area (Å²) in [5.74, 6) is -0.729. The maximum absolute atomic E-state index is 13.7. The molecule has 2 heterocycles. The van der Waals surface area contributed by atoms with Gasteiger partial charge in [-0.3, -0.25) is 14.4 Å². The SMILES string of the molecule is CCCOc1ccc(N2C(=O)[C@H]3[C@H](ON(c4ccccc4)[C@H]3c3ccccc3Cl)C2=O)cc1. The molecule has 3 aromatic carbocycles. The molecule has 7 heteroatoms. The molecule has 0 aliphatic carbocycles. The van der Waals surface area contributed by atoms with Crippen LogP contribution in [-0.2, 0) is 14.4 Å². The van der Waals surface area contributed by atoms with Crippen molar-refractivity contribution in [3.8, 4) is 5.75 Å². The van der Waals surface area contributed by atoms with Gasteiger partial charge in [-0.15, -0.1) is 0 Å². The van der Waals surface area contributed by atoms with Gasteiger partial charge in [-0.2, -0.15) is 0 Å². The molecule has 0 saturated carbocycles. The van der Waals surface area contributed by atoms with Gasteiger partial charge in [0, 0.05) is 5.02 Å². The van der Waals surface area contributed by atoms with Gasteiger partial charge in [-0.05, 0) is 54.4 Å². The van der Waals surface area contributed by atoms with Crippen molar-refractivity contribution in [2.45, 2.75) is 25.5 Å². The van der Waals surface area contributed by atoms with E-state index in [0.717, 1.165) is 17.7 Å². The molecule has 0 bridgehead atoms. The van der Waals surface area contributed by atoms with E-state index in [4.69, 9.17) is 21.2 Å². The fraction of sp³-hybridized carbons (Fsp3) is 0.231. The van der Waals surface area contributed by atoms with Crippen LogP contribution >= 0.6 is 11.6 Å². The highest BCUT2D eigenvalue weighted by Crippen LogP contribution is 2.48. The fourth-order valence-electron chi connectivity index (χ4n) is 4.41. The van der Waals surface area contributed by atoms with E-state index in [9.17, 15) is 9.59 Å². The first kappa shape index (κ1) is 21.5. The van der Waals surface area contributed by atoms with E-state index in [0.29, 0.717) is 23.1 Å². The highest BCUT2D eigenvalue weighted by molar-refractivity contribution is 6.31. The molecule has 33 heavy (non-hydrogen) atoms. The molecule has 0 N–H and O–H groups in total. The summed E-state index contributed by atoms with van der Waals surface area (Å²) >= 11 is 6.54. The Morgan fingerprint density at radius 1 is 0.879 bits per heavy atom. The second-order valence-corrected chi connectivity index (χ2v) is 8.44. The normalized spacial score (nSPS) is 22.1. The fourth-order valence-corrected chi connectivity index (χ4v) is 4.66. The van der Waals surface area contributed by atoms with Gasteiger partial charge in [0.15, 0.2) is 6.10 Å². The number of benzene rings is 3.